The van der Waals surface area contributed by atoms with Gasteiger partial charge in [-0.2, -0.15) is 10.4 Å². The van der Waals surface area contributed by atoms with Crippen molar-refractivity contribution in [3.8, 4) is 17.5 Å². The molecule has 0 fully saturated rings. The van der Waals surface area contributed by atoms with Crippen molar-refractivity contribution in [3.63, 3.8) is 0 Å². The summed E-state index contributed by atoms with van der Waals surface area (Å²) in [5.41, 5.74) is 1.98. The summed E-state index contributed by atoms with van der Waals surface area (Å²) in [6.45, 7) is 6.28. The lowest BCUT2D eigenvalue weighted by Gasteiger charge is -2.14. The van der Waals surface area contributed by atoms with Gasteiger partial charge < -0.3 is 5.11 Å². The molecule has 0 radical (unpaired) electrons. The van der Waals surface area contributed by atoms with Crippen molar-refractivity contribution in [3.05, 3.63) is 41.7 Å². The number of aromatic nitrogens is 2. The predicted molar refractivity (Wildman–Crippen MR) is 68.6 cm³/mol. The molecule has 4 nitrogen and oxygen atoms in total. The molecule has 1 aromatic heterocycles. The molecule has 1 aromatic carbocycles. The van der Waals surface area contributed by atoms with Gasteiger partial charge in [0.05, 0.1) is 16.9 Å². The highest BCUT2D eigenvalue weighted by Gasteiger charge is 2.17. The van der Waals surface area contributed by atoms with E-state index in [9.17, 15) is 5.11 Å². The molecule has 1 heterocycles. The molecule has 0 atom stereocenters. The highest BCUT2D eigenvalue weighted by Crippen LogP contribution is 2.23. The number of hydrogen-bond donors (Lipinski definition) is 1. The molecule has 0 aliphatic carbocycles. The van der Waals surface area contributed by atoms with Crippen molar-refractivity contribution in [2.24, 2.45) is 0 Å². The maximum Gasteiger partial charge on any atom is 0.133 e. The molecular formula is C14H15N3O. The van der Waals surface area contributed by atoms with Crippen molar-refractivity contribution in [1.29, 1.82) is 5.26 Å². The van der Waals surface area contributed by atoms with E-state index >= 15 is 0 Å². The summed E-state index contributed by atoms with van der Waals surface area (Å²) in [6.07, 6.45) is 1.86. The predicted octanol–water partition coefficient (Wildman–Crippen LogP) is 2.75. The van der Waals surface area contributed by atoms with Crippen molar-refractivity contribution in [2.45, 2.75) is 26.2 Å². The van der Waals surface area contributed by atoms with Crippen LogP contribution < -0.4 is 0 Å². The Morgan fingerprint density at radius 2 is 2.00 bits per heavy atom. The number of phenols is 1. The van der Waals surface area contributed by atoms with Gasteiger partial charge in [-0.1, -0.05) is 20.8 Å². The Morgan fingerprint density at radius 1 is 1.28 bits per heavy atom. The highest BCUT2D eigenvalue weighted by molar-refractivity contribution is 5.49. The summed E-state index contributed by atoms with van der Waals surface area (Å²) >= 11 is 0. The van der Waals surface area contributed by atoms with Crippen molar-refractivity contribution in [2.75, 3.05) is 0 Å². The molecule has 92 valence electrons. The maximum absolute atomic E-state index is 9.46. The van der Waals surface area contributed by atoms with Crippen LogP contribution in [-0.2, 0) is 5.41 Å². The lowest BCUT2D eigenvalue weighted by molar-refractivity contribution is 0.473. The van der Waals surface area contributed by atoms with Crippen LogP contribution in [0.2, 0.25) is 0 Å². The minimum atomic E-state index is -0.0137. The fraction of sp³-hybridized carbons (Fsp3) is 0.286. The van der Waals surface area contributed by atoms with Gasteiger partial charge in [-0.25, -0.2) is 4.68 Å². The second-order valence-corrected chi connectivity index (χ2v) is 5.21. The molecule has 0 amide bonds. The number of nitrogens with zero attached hydrogens (tertiary/aromatic N) is 3. The van der Waals surface area contributed by atoms with Crippen LogP contribution >= 0.6 is 0 Å². The number of rotatable bonds is 1. The average molecular weight is 241 g/mol. The third-order valence-electron chi connectivity index (χ3n) is 2.72. The summed E-state index contributed by atoms with van der Waals surface area (Å²) in [7, 11) is 0. The van der Waals surface area contributed by atoms with Gasteiger partial charge in [0.15, 0.2) is 0 Å². The zero-order valence-electron chi connectivity index (χ0n) is 10.7. The Bertz CT molecular complexity index is 615. The van der Waals surface area contributed by atoms with Gasteiger partial charge in [0.1, 0.15) is 11.8 Å². The van der Waals surface area contributed by atoms with Crippen LogP contribution in [0.25, 0.3) is 5.69 Å². The molecule has 0 spiro atoms. The molecule has 4 heteroatoms. The van der Waals surface area contributed by atoms with Crippen molar-refractivity contribution < 1.29 is 5.11 Å². The molecule has 0 unspecified atom stereocenters. The normalized spacial score (nSPS) is 11.2. The lowest BCUT2D eigenvalue weighted by atomic mass is 9.93. The largest absolute Gasteiger partial charge is 0.507 e. The third-order valence-corrected chi connectivity index (χ3v) is 2.72. The molecule has 0 aliphatic heterocycles. The first-order valence-corrected chi connectivity index (χ1v) is 5.71. The first-order chi connectivity index (χ1) is 8.41. The maximum atomic E-state index is 9.46. The summed E-state index contributed by atoms with van der Waals surface area (Å²) in [5.74, 6) is -0.00977. The zero-order valence-corrected chi connectivity index (χ0v) is 10.7. The standard InChI is InChI=1S/C14H15N3O/c1-14(2,3)13-6-7-17(16-13)11-4-5-12(18)10(8-11)9-15/h4-8,18H,1-3H3. The van der Waals surface area contributed by atoms with Crippen molar-refractivity contribution >= 4 is 0 Å². The number of phenolic OH excluding ortho intramolecular Hbond substituents is 1. The lowest BCUT2D eigenvalue weighted by Crippen LogP contribution is -2.12. The van der Waals surface area contributed by atoms with E-state index in [0.717, 1.165) is 11.4 Å². The van der Waals surface area contributed by atoms with E-state index in [4.69, 9.17) is 5.26 Å². The molecule has 18 heavy (non-hydrogen) atoms. The average Bonchev–Trinajstić information content (AvgIpc) is 2.78. The van der Waals surface area contributed by atoms with E-state index < -0.39 is 0 Å². The quantitative estimate of drug-likeness (QED) is 0.835. The Labute approximate surface area is 106 Å². The minimum absolute atomic E-state index is 0.00977. The molecule has 2 rings (SSSR count). The van der Waals surface area contributed by atoms with Crippen LogP contribution in [0.3, 0.4) is 0 Å². The summed E-state index contributed by atoms with van der Waals surface area (Å²) in [4.78, 5) is 0. The number of nitriles is 1. The summed E-state index contributed by atoms with van der Waals surface area (Å²) < 4.78 is 1.71. The Hall–Kier alpha value is -2.28. The highest BCUT2D eigenvalue weighted by atomic mass is 16.3. The molecule has 0 saturated carbocycles. The smallest absolute Gasteiger partial charge is 0.133 e. The van der Waals surface area contributed by atoms with Crippen molar-refractivity contribution in [1.82, 2.24) is 9.78 Å². The summed E-state index contributed by atoms with van der Waals surface area (Å²) in [6, 6.07) is 8.77. The van der Waals surface area contributed by atoms with E-state index in [0.29, 0.717) is 0 Å². The second-order valence-electron chi connectivity index (χ2n) is 5.21. The minimum Gasteiger partial charge on any atom is -0.507 e. The zero-order chi connectivity index (χ0) is 13.3. The topological polar surface area (TPSA) is 61.8 Å². The van der Waals surface area contributed by atoms with E-state index in [-0.39, 0.29) is 16.7 Å². The van der Waals surface area contributed by atoms with Crippen LogP contribution in [-0.4, -0.2) is 14.9 Å². The van der Waals surface area contributed by atoms with E-state index in [1.165, 1.54) is 6.07 Å². The van der Waals surface area contributed by atoms with Crippen LogP contribution in [0.5, 0.6) is 5.75 Å². The van der Waals surface area contributed by atoms with Gasteiger partial charge in [-0.15, -0.1) is 0 Å². The Morgan fingerprint density at radius 3 is 2.56 bits per heavy atom. The van der Waals surface area contributed by atoms with E-state index in [2.05, 4.69) is 25.9 Å². The summed E-state index contributed by atoms with van der Waals surface area (Å²) in [5, 5.41) is 22.8. The van der Waals surface area contributed by atoms with E-state index in [1.54, 1.807) is 16.8 Å². The van der Waals surface area contributed by atoms with Gasteiger partial charge in [0, 0.05) is 11.6 Å². The van der Waals surface area contributed by atoms with Crippen LogP contribution in [0.15, 0.2) is 30.5 Å². The number of benzene rings is 1. The van der Waals surface area contributed by atoms with Gasteiger partial charge in [-0.3, -0.25) is 0 Å². The first-order valence-electron chi connectivity index (χ1n) is 5.71. The fourth-order valence-corrected chi connectivity index (χ4v) is 1.62. The second kappa shape index (κ2) is 4.19. The molecule has 1 N–H and O–H groups in total. The van der Waals surface area contributed by atoms with Gasteiger partial charge in [0.2, 0.25) is 0 Å². The molecule has 0 aliphatic rings. The first kappa shape index (κ1) is 12.2. The molecular weight excluding hydrogens is 226 g/mol. The number of aromatic hydroxyl groups is 1. The van der Waals surface area contributed by atoms with Gasteiger partial charge >= 0.3 is 0 Å². The fourth-order valence-electron chi connectivity index (χ4n) is 1.62. The van der Waals surface area contributed by atoms with Crippen LogP contribution in [0.1, 0.15) is 32.0 Å². The molecule has 2 aromatic rings. The SMILES string of the molecule is CC(C)(C)c1ccn(-c2ccc(O)c(C#N)c2)n1. The van der Waals surface area contributed by atoms with E-state index in [1.807, 2.05) is 18.3 Å². The Balaban J connectivity index is 2.44. The van der Waals surface area contributed by atoms with Gasteiger partial charge in [0.25, 0.3) is 0 Å². The Kier molecular flexibility index (Phi) is 2.84. The van der Waals surface area contributed by atoms with Crippen LogP contribution in [0, 0.1) is 11.3 Å². The van der Waals surface area contributed by atoms with Gasteiger partial charge in [-0.05, 0) is 24.3 Å². The van der Waals surface area contributed by atoms with Crippen LogP contribution in [0.4, 0.5) is 0 Å². The molecule has 0 bridgehead atoms. The number of hydrogen-bond acceptors (Lipinski definition) is 3. The monoisotopic (exact) mass is 241 g/mol. The molecule has 0 saturated heterocycles. The third kappa shape index (κ3) is 2.21.